The van der Waals surface area contributed by atoms with Gasteiger partial charge in [-0.25, -0.2) is 0 Å². The molecule has 0 saturated carbocycles. The van der Waals surface area contributed by atoms with Crippen LogP contribution in [-0.4, -0.2) is 30.0 Å². The second-order valence-corrected chi connectivity index (χ2v) is 8.94. The zero-order valence-corrected chi connectivity index (χ0v) is 23.3. The second-order valence-electron chi connectivity index (χ2n) is 8.94. The highest BCUT2D eigenvalue weighted by Crippen LogP contribution is 2.30. The van der Waals surface area contributed by atoms with Crippen molar-refractivity contribution in [2.24, 2.45) is 5.73 Å². The first-order valence-electron chi connectivity index (χ1n) is 12.7. The average Bonchev–Trinajstić information content (AvgIpc) is 3.19. The average molecular weight is 498 g/mol. The van der Waals surface area contributed by atoms with Gasteiger partial charge in [-0.2, -0.15) is 0 Å². The Balaban J connectivity index is 0.000000717. The third-order valence-corrected chi connectivity index (χ3v) is 6.38. The summed E-state index contributed by atoms with van der Waals surface area (Å²) in [6.45, 7) is 20.6. The zero-order chi connectivity index (χ0) is 27.4. The Kier molecular flexibility index (Phi) is 11.5. The molecule has 0 aliphatic carbocycles. The summed E-state index contributed by atoms with van der Waals surface area (Å²) in [7, 11) is 2.11. The van der Waals surface area contributed by atoms with Gasteiger partial charge >= 0.3 is 0 Å². The summed E-state index contributed by atoms with van der Waals surface area (Å²) in [4.78, 5) is 5.71. The molecule has 0 radical (unpaired) electrons. The van der Waals surface area contributed by atoms with Crippen LogP contribution in [0.2, 0.25) is 0 Å². The van der Waals surface area contributed by atoms with E-state index in [9.17, 15) is 0 Å². The highest BCUT2D eigenvalue weighted by atomic mass is 15.1. The van der Waals surface area contributed by atoms with E-state index < -0.39 is 0 Å². The molecule has 0 aliphatic rings. The predicted molar refractivity (Wildman–Crippen MR) is 165 cm³/mol. The Morgan fingerprint density at radius 3 is 2.24 bits per heavy atom. The molecular formula is C32H43N5. The van der Waals surface area contributed by atoms with E-state index in [1.54, 1.807) is 6.20 Å². The lowest BCUT2D eigenvalue weighted by atomic mass is 9.99. The fraction of sp³-hybridized carbons (Fsp3) is 0.250. The molecule has 0 fully saturated rings. The molecule has 5 nitrogen and oxygen atoms in total. The van der Waals surface area contributed by atoms with Crippen molar-refractivity contribution >= 4 is 34.8 Å². The van der Waals surface area contributed by atoms with Crippen molar-refractivity contribution in [1.29, 1.82) is 0 Å². The monoisotopic (exact) mass is 497 g/mol. The van der Waals surface area contributed by atoms with E-state index in [4.69, 9.17) is 5.73 Å². The molecule has 0 aliphatic heterocycles. The molecule has 0 amide bonds. The lowest BCUT2D eigenvalue weighted by Crippen LogP contribution is -2.15. The van der Waals surface area contributed by atoms with Gasteiger partial charge in [0.1, 0.15) is 0 Å². The largest absolute Gasteiger partial charge is 0.397 e. The minimum atomic E-state index is 0.656. The first kappa shape index (κ1) is 29.3. The Morgan fingerprint density at radius 2 is 1.70 bits per heavy atom. The predicted octanol–water partition coefficient (Wildman–Crippen LogP) is 7.72. The van der Waals surface area contributed by atoms with Crippen LogP contribution in [0.15, 0.2) is 74.1 Å². The number of para-hydroxylation sites is 1. The summed E-state index contributed by atoms with van der Waals surface area (Å²) < 4.78 is 0. The maximum atomic E-state index is 6.38. The van der Waals surface area contributed by atoms with Crippen LogP contribution in [0, 0.1) is 13.8 Å². The fourth-order valence-corrected chi connectivity index (χ4v) is 3.82. The number of rotatable bonds is 10. The van der Waals surface area contributed by atoms with Crippen LogP contribution >= 0.6 is 0 Å². The van der Waals surface area contributed by atoms with E-state index >= 15 is 0 Å². The quantitative estimate of drug-likeness (QED) is 0.231. The first-order chi connectivity index (χ1) is 17.7. The molecule has 1 aromatic heterocycles. The van der Waals surface area contributed by atoms with E-state index in [0.29, 0.717) is 5.70 Å². The number of anilines is 2. The number of nitrogens with zero attached hydrogens (tertiary/aromatic N) is 1. The van der Waals surface area contributed by atoms with Gasteiger partial charge in [-0.1, -0.05) is 57.3 Å². The molecule has 3 rings (SSSR count). The van der Waals surface area contributed by atoms with Gasteiger partial charge in [0.2, 0.25) is 0 Å². The van der Waals surface area contributed by atoms with Crippen LogP contribution in [0.5, 0.6) is 0 Å². The van der Waals surface area contributed by atoms with Crippen molar-refractivity contribution in [1.82, 2.24) is 9.88 Å². The lowest BCUT2D eigenvalue weighted by molar-refractivity contribution is 0.373. The summed E-state index contributed by atoms with van der Waals surface area (Å²) in [6.07, 6.45) is 7.56. The minimum absolute atomic E-state index is 0.656. The Bertz CT molecular complexity index is 1230. The summed E-state index contributed by atoms with van der Waals surface area (Å²) in [5, 5.41) is 6.48. The molecule has 2 aromatic carbocycles. The lowest BCUT2D eigenvalue weighted by Gasteiger charge is -2.13. The Hall–Kier alpha value is -3.96. The van der Waals surface area contributed by atoms with Gasteiger partial charge < -0.3 is 26.3 Å². The summed E-state index contributed by atoms with van der Waals surface area (Å²) in [5.74, 6) is 0. The highest BCUT2D eigenvalue weighted by Gasteiger charge is 2.11. The molecule has 196 valence electrons. The van der Waals surface area contributed by atoms with Crippen molar-refractivity contribution in [3.63, 3.8) is 0 Å². The van der Waals surface area contributed by atoms with Crippen LogP contribution in [-0.2, 0) is 0 Å². The van der Waals surface area contributed by atoms with Crippen LogP contribution in [0.1, 0.15) is 54.4 Å². The van der Waals surface area contributed by atoms with Crippen LogP contribution in [0.3, 0.4) is 0 Å². The number of allylic oxidation sites excluding steroid dienone is 1. The van der Waals surface area contributed by atoms with Gasteiger partial charge in [0.05, 0.1) is 5.70 Å². The number of hydrogen-bond acceptors (Lipinski definition) is 4. The Labute approximate surface area is 223 Å². The van der Waals surface area contributed by atoms with Gasteiger partial charge in [0.15, 0.2) is 0 Å². The molecule has 0 bridgehead atoms. The number of aryl methyl sites for hydroxylation is 1. The van der Waals surface area contributed by atoms with Gasteiger partial charge in [-0.05, 0) is 99.7 Å². The van der Waals surface area contributed by atoms with Gasteiger partial charge in [0, 0.05) is 34.5 Å². The second kappa shape index (κ2) is 14.6. The van der Waals surface area contributed by atoms with E-state index in [1.807, 2.05) is 54.7 Å². The SMILES string of the molecule is C=CNc1ccc(/C(N)=C/Nc2ccccc2)cc1/C(C)=C/c1[nH]c(C)c(C=C)c1C.CCN(C)CC. The molecular weight excluding hydrogens is 454 g/mol. The number of aromatic amines is 1. The molecule has 0 atom stereocenters. The van der Waals surface area contributed by atoms with E-state index in [1.165, 1.54) is 5.56 Å². The first-order valence-corrected chi connectivity index (χ1v) is 12.7. The Morgan fingerprint density at radius 1 is 1.03 bits per heavy atom. The van der Waals surface area contributed by atoms with Crippen LogP contribution in [0.4, 0.5) is 11.4 Å². The van der Waals surface area contributed by atoms with Crippen LogP contribution in [0.25, 0.3) is 23.4 Å². The molecule has 5 heteroatoms. The van der Waals surface area contributed by atoms with E-state index in [2.05, 4.69) is 87.5 Å². The number of H-pyrrole nitrogens is 1. The number of nitrogens with one attached hydrogen (secondary N) is 3. The standard InChI is InChI=1S/C27H30N4.C5H13N/c1-6-23-19(4)27(31-20(23)5)15-18(3)24-16-21(13-14-26(24)29-7-2)25(28)17-30-22-11-9-8-10-12-22;1-4-6(3)5-2/h6-17,29-31H,1-2,28H2,3-5H3;4-5H2,1-3H3/b18-15+,25-17-;. The van der Waals surface area contributed by atoms with Gasteiger partial charge in [-0.3, -0.25) is 0 Å². The van der Waals surface area contributed by atoms with Crippen LogP contribution < -0.4 is 16.4 Å². The molecule has 37 heavy (non-hydrogen) atoms. The molecule has 5 N–H and O–H groups in total. The highest BCUT2D eigenvalue weighted by molar-refractivity contribution is 5.88. The van der Waals surface area contributed by atoms with Gasteiger partial charge in [0.25, 0.3) is 0 Å². The summed E-state index contributed by atoms with van der Waals surface area (Å²) in [5.41, 5.74) is 16.6. The third kappa shape index (κ3) is 8.29. The van der Waals surface area contributed by atoms with E-state index in [-0.39, 0.29) is 0 Å². The number of benzene rings is 2. The van der Waals surface area contributed by atoms with Crippen molar-refractivity contribution in [3.05, 3.63) is 108 Å². The fourth-order valence-electron chi connectivity index (χ4n) is 3.82. The minimum Gasteiger partial charge on any atom is -0.397 e. The normalized spacial score (nSPS) is 11.5. The van der Waals surface area contributed by atoms with Crippen molar-refractivity contribution < 1.29 is 0 Å². The topological polar surface area (TPSA) is 69.1 Å². The maximum absolute atomic E-state index is 6.38. The van der Waals surface area contributed by atoms with Crippen molar-refractivity contribution in [2.75, 3.05) is 30.8 Å². The van der Waals surface area contributed by atoms with Gasteiger partial charge in [-0.15, -0.1) is 0 Å². The molecule has 0 unspecified atom stereocenters. The third-order valence-electron chi connectivity index (χ3n) is 6.38. The molecule has 0 saturated heterocycles. The van der Waals surface area contributed by atoms with Crippen molar-refractivity contribution in [2.45, 2.75) is 34.6 Å². The zero-order valence-electron chi connectivity index (χ0n) is 23.3. The molecule has 3 aromatic rings. The number of nitrogens with two attached hydrogens (primary N) is 1. The maximum Gasteiger partial charge on any atom is 0.0550 e. The summed E-state index contributed by atoms with van der Waals surface area (Å²) in [6, 6.07) is 16.1. The number of hydrogen-bond donors (Lipinski definition) is 4. The smallest absolute Gasteiger partial charge is 0.0550 e. The molecule has 0 spiro atoms. The molecule has 1 heterocycles. The summed E-state index contributed by atoms with van der Waals surface area (Å²) >= 11 is 0. The van der Waals surface area contributed by atoms with Crippen molar-refractivity contribution in [3.8, 4) is 0 Å². The number of aromatic nitrogens is 1. The van der Waals surface area contributed by atoms with E-state index in [0.717, 1.165) is 58.1 Å².